The SMILES string of the molecule is CC1CCn2c(nc(-c3cn(C)nc3C(C)(C)C)c2N)C1. The molecule has 114 valence electrons. The Bertz CT molecular complexity index is 672. The van der Waals surface area contributed by atoms with Crippen molar-refractivity contribution in [1.29, 1.82) is 0 Å². The third kappa shape index (κ3) is 2.34. The molecule has 0 saturated carbocycles. The first-order chi connectivity index (χ1) is 9.77. The van der Waals surface area contributed by atoms with E-state index in [1.807, 2.05) is 17.9 Å². The molecule has 2 aromatic heterocycles. The van der Waals surface area contributed by atoms with Gasteiger partial charge in [0.2, 0.25) is 0 Å². The summed E-state index contributed by atoms with van der Waals surface area (Å²) in [4.78, 5) is 4.84. The number of nitrogen functional groups attached to an aromatic ring is 1. The van der Waals surface area contributed by atoms with Gasteiger partial charge in [-0.15, -0.1) is 0 Å². The largest absolute Gasteiger partial charge is 0.383 e. The van der Waals surface area contributed by atoms with Gasteiger partial charge >= 0.3 is 0 Å². The normalized spacial score (nSPS) is 18.8. The van der Waals surface area contributed by atoms with E-state index in [2.05, 4.69) is 37.4 Å². The molecule has 21 heavy (non-hydrogen) atoms. The average Bonchev–Trinajstić information content (AvgIpc) is 2.90. The van der Waals surface area contributed by atoms with Gasteiger partial charge in [-0.1, -0.05) is 27.7 Å². The number of hydrogen-bond donors (Lipinski definition) is 1. The Morgan fingerprint density at radius 2 is 2.05 bits per heavy atom. The van der Waals surface area contributed by atoms with Gasteiger partial charge in [-0.3, -0.25) is 4.68 Å². The molecule has 0 bridgehead atoms. The van der Waals surface area contributed by atoms with Crippen LogP contribution < -0.4 is 5.73 Å². The number of fused-ring (bicyclic) bond motifs is 1. The second-order valence-corrected chi connectivity index (χ2v) is 7.33. The molecule has 0 amide bonds. The number of hydrogen-bond acceptors (Lipinski definition) is 3. The number of imidazole rings is 1. The zero-order chi connectivity index (χ0) is 15.4. The summed E-state index contributed by atoms with van der Waals surface area (Å²) < 4.78 is 4.03. The van der Waals surface area contributed by atoms with Crippen molar-refractivity contribution in [3.63, 3.8) is 0 Å². The monoisotopic (exact) mass is 287 g/mol. The molecule has 0 spiro atoms. The van der Waals surface area contributed by atoms with Gasteiger partial charge in [-0.25, -0.2) is 4.98 Å². The van der Waals surface area contributed by atoms with Crippen molar-refractivity contribution in [2.45, 2.75) is 52.5 Å². The fourth-order valence-electron chi connectivity index (χ4n) is 3.10. The summed E-state index contributed by atoms with van der Waals surface area (Å²) in [7, 11) is 1.95. The zero-order valence-electron chi connectivity index (χ0n) is 13.6. The van der Waals surface area contributed by atoms with E-state index >= 15 is 0 Å². The quantitative estimate of drug-likeness (QED) is 0.877. The number of aromatic nitrogens is 4. The number of rotatable bonds is 1. The van der Waals surface area contributed by atoms with Crippen molar-refractivity contribution in [2.24, 2.45) is 13.0 Å². The molecule has 0 aliphatic carbocycles. The molecule has 1 unspecified atom stereocenters. The average molecular weight is 287 g/mol. The van der Waals surface area contributed by atoms with E-state index in [1.54, 1.807) is 0 Å². The standard InChI is InChI=1S/C16H25N5/c1-10-6-7-21-12(8-10)18-13(15(21)17)11-9-20(5)19-14(11)16(2,3)4/h9-10H,6-8,17H2,1-5H3. The smallest absolute Gasteiger partial charge is 0.131 e. The highest BCUT2D eigenvalue weighted by atomic mass is 15.3. The molecule has 5 nitrogen and oxygen atoms in total. The van der Waals surface area contributed by atoms with E-state index in [1.165, 1.54) is 6.42 Å². The van der Waals surface area contributed by atoms with Gasteiger partial charge in [0.25, 0.3) is 0 Å². The first-order valence-electron chi connectivity index (χ1n) is 7.66. The number of nitrogens with two attached hydrogens (primary N) is 1. The van der Waals surface area contributed by atoms with Gasteiger partial charge in [0.15, 0.2) is 0 Å². The lowest BCUT2D eigenvalue weighted by Crippen LogP contribution is -2.18. The highest BCUT2D eigenvalue weighted by Gasteiger charge is 2.28. The third-order valence-corrected chi connectivity index (χ3v) is 4.26. The minimum absolute atomic E-state index is 0.0273. The van der Waals surface area contributed by atoms with Crippen LogP contribution in [0.4, 0.5) is 5.82 Å². The van der Waals surface area contributed by atoms with Gasteiger partial charge in [-0.2, -0.15) is 5.10 Å². The Morgan fingerprint density at radius 3 is 2.71 bits per heavy atom. The van der Waals surface area contributed by atoms with E-state index in [4.69, 9.17) is 10.7 Å². The Labute approximate surface area is 126 Å². The van der Waals surface area contributed by atoms with Crippen LogP contribution in [0, 0.1) is 5.92 Å². The molecule has 1 aliphatic rings. The Hall–Kier alpha value is -1.78. The van der Waals surface area contributed by atoms with Crippen molar-refractivity contribution >= 4 is 5.82 Å². The Balaban J connectivity index is 2.14. The summed E-state index contributed by atoms with van der Waals surface area (Å²) >= 11 is 0. The van der Waals surface area contributed by atoms with Crippen molar-refractivity contribution < 1.29 is 0 Å². The lowest BCUT2D eigenvalue weighted by Gasteiger charge is -2.20. The van der Waals surface area contributed by atoms with Crippen LogP contribution in [0.2, 0.25) is 0 Å². The first kappa shape index (κ1) is 14.2. The van der Waals surface area contributed by atoms with E-state index in [0.29, 0.717) is 5.92 Å². The van der Waals surface area contributed by atoms with Crippen LogP contribution in [0.1, 0.15) is 45.6 Å². The molecule has 1 aliphatic heterocycles. The van der Waals surface area contributed by atoms with Crippen LogP contribution in [0.5, 0.6) is 0 Å². The maximum absolute atomic E-state index is 6.39. The molecule has 0 fully saturated rings. The maximum atomic E-state index is 6.39. The summed E-state index contributed by atoms with van der Waals surface area (Å²) in [5, 5.41) is 4.63. The predicted molar refractivity (Wildman–Crippen MR) is 85.0 cm³/mol. The maximum Gasteiger partial charge on any atom is 0.131 e. The molecule has 2 aromatic rings. The van der Waals surface area contributed by atoms with Crippen molar-refractivity contribution in [3.05, 3.63) is 17.7 Å². The lowest BCUT2D eigenvalue weighted by atomic mass is 9.89. The molecular formula is C16H25N5. The third-order valence-electron chi connectivity index (χ3n) is 4.26. The number of nitrogens with zero attached hydrogens (tertiary/aromatic N) is 4. The van der Waals surface area contributed by atoms with E-state index in [0.717, 1.165) is 41.6 Å². The molecule has 1 atom stereocenters. The molecule has 0 radical (unpaired) electrons. The molecular weight excluding hydrogens is 262 g/mol. The molecule has 3 rings (SSSR count). The highest BCUT2D eigenvalue weighted by molar-refractivity contribution is 5.73. The summed E-state index contributed by atoms with van der Waals surface area (Å²) in [6, 6.07) is 0. The first-order valence-corrected chi connectivity index (χ1v) is 7.66. The van der Waals surface area contributed by atoms with Crippen LogP contribution in [0.3, 0.4) is 0 Å². The number of aryl methyl sites for hydroxylation is 1. The van der Waals surface area contributed by atoms with Gasteiger partial charge < -0.3 is 10.3 Å². The van der Waals surface area contributed by atoms with Gasteiger partial charge in [-0.05, 0) is 12.3 Å². The summed E-state index contributed by atoms with van der Waals surface area (Å²) in [6.07, 6.45) is 4.22. The highest BCUT2D eigenvalue weighted by Crippen LogP contribution is 2.36. The second kappa shape index (κ2) is 4.61. The van der Waals surface area contributed by atoms with Gasteiger partial charge in [0, 0.05) is 37.2 Å². The van der Waals surface area contributed by atoms with Crippen molar-refractivity contribution in [1.82, 2.24) is 19.3 Å². The fourth-order valence-corrected chi connectivity index (χ4v) is 3.10. The van der Waals surface area contributed by atoms with Crippen LogP contribution in [-0.2, 0) is 25.4 Å². The Kier molecular flexibility index (Phi) is 3.11. The van der Waals surface area contributed by atoms with E-state index in [9.17, 15) is 0 Å². The number of anilines is 1. The lowest BCUT2D eigenvalue weighted by molar-refractivity contribution is 0.412. The molecule has 5 heteroatoms. The second-order valence-electron chi connectivity index (χ2n) is 7.33. The van der Waals surface area contributed by atoms with E-state index in [-0.39, 0.29) is 5.41 Å². The van der Waals surface area contributed by atoms with E-state index < -0.39 is 0 Å². The van der Waals surface area contributed by atoms with Crippen LogP contribution in [0.15, 0.2) is 6.20 Å². The van der Waals surface area contributed by atoms with Crippen LogP contribution in [-0.4, -0.2) is 19.3 Å². The molecule has 2 N–H and O–H groups in total. The van der Waals surface area contributed by atoms with Crippen LogP contribution >= 0.6 is 0 Å². The van der Waals surface area contributed by atoms with Crippen molar-refractivity contribution in [3.8, 4) is 11.3 Å². The predicted octanol–water partition coefficient (Wildman–Crippen LogP) is 2.75. The fraction of sp³-hybridized carbons (Fsp3) is 0.625. The summed E-state index contributed by atoms with van der Waals surface area (Å²) in [6.45, 7) is 9.77. The minimum atomic E-state index is -0.0273. The topological polar surface area (TPSA) is 61.7 Å². The summed E-state index contributed by atoms with van der Waals surface area (Å²) in [5.41, 5.74) is 9.38. The zero-order valence-corrected chi connectivity index (χ0v) is 13.6. The Morgan fingerprint density at radius 1 is 1.33 bits per heavy atom. The van der Waals surface area contributed by atoms with Gasteiger partial charge in [0.05, 0.1) is 5.69 Å². The molecule has 0 saturated heterocycles. The minimum Gasteiger partial charge on any atom is -0.383 e. The van der Waals surface area contributed by atoms with Gasteiger partial charge in [0.1, 0.15) is 17.3 Å². The molecule has 3 heterocycles. The summed E-state index contributed by atoms with van der Waals surface area (Å²) in [5.74, 6) is 2.59. The van der Waals surface area contributed by atoms with Crippen molar-refractivity contribution in [2.75, 3.05) is 5.73 Å². The van der Waals surface area contributed by atoms with Crippen LogP contribution in [0.25, 0.3) is 11.3 Å². The molecule has 0 aromatic carbocycles.